The van der Waals surface area contributed by atoms with Crippen molar-refractivity contribution in [3.63, 3.8) is 0 Å². The molecule has 0 aromatic carbocycles. The lowest BCUT2D eigenvalue weighted by Crippen LogP contribution is -2.33. The summed E-state index contributed by atoms with van der Waals surface area (Å²) >= 11 is 0. The first kappa shape index (κ1) is 16.5. The smallest absolute Gasteiger partial charge is 0.255 e. The topological polar surface area (TPSA) is 60.3 Å². The molecule has 0 N–H and O–H groups in total. The summed E-state index contributed by atoms with van der Waals surface area (Å²) < 4.78 is 7.58. The first-order valence-corrected chi connectivity index (χ1v) is 9.52. The van der Waals surface area contributed by atoms with E-state index in [1.165, 1.54) is 19.3 Å². The summed E-state index contributed by atoms with van der Waals surface area (Å²) in [5, 5.41) is 0. The lowest BCUT2D eigenvalue weighted by atomic mass is 10.1. The molecule has 4 heterocycles. The summed E-state index contributed by atoms with van der Waals surface area (Å²) in [4.78, 5) is 23.9. The molecule has 2 aromatic heterocycles. The standard InChI is InChI=1S/C19H26N4O2/c24-19(22-8-4-2-1-3-5-9-22)15-12-17-18(20-13-15)23(14-21-17)16-6-10-25-11-7-16/h12-14,16H,1-11H2. The van der Waals surface area contributed by atoms with Gasteiger partial charge in [0.2, 0.25) is 0 Å². The summed E-state index contributed by atoms with van der Waals surface area (Å²) in [7, 11) is 0. The number of aromatic nitrogens is 3. The second kappa shape index (κ2) is 7.52. The predicted molar refractivity (Wildman–Crippen MR) is 95.6 cm³/mol. The van der Waals surface area contributed by atoms with Gasteiger partial charge >= 0.3 is 0 Å². The highest BCUT2D eigenvalue weighted by Gasteiger charge is 2.21. The van der Waals surface area contributed by atoms with Crippen LogP contribution < -0.4 is 0 Å². The fraction of sp³-hybridized carbons (Fsp3) is 0.632. The molecule has 25 heavy (non-hydrogen) atoms. The zero-order valence-corrected chi connectivity index (χ0v) is 14.7. The first-order valence-electron chi connectivity index (χ1n) is 9.52. The molecule has 2 aromatic rings. The Kier molecular flexibility index (Phi) is 4.97. The molecule has 4 rings (SSSR count). The second-order valence-corrected chi connectivity index (χ2v) is 7.12. The Bertz CT molecular complexity index is 728. The molecule has 6 nitrogen and oxygen atoms in total. The number of hydrogen-bond acceptors (Lipinski definition) is 4. The van der Waals surface area contributed by atoms with Gasteiger partial charge in [-0.1, -0.05) is 19.3 Å². The Morgan fingerprint density at radius 3 is 2.52 bits per heavy atom. The summed E-state index contributed by atoms with van der Waals surface area (Å²) in [5.41, 5.74) is 2.34. The molecule has 2 fully saturated rings. The van der Waals surface area contributed by atoms with E-state index >= 15 is 0 Å². The molecule has 0 bridgehead atoms. The van der Waals surface area contributed by atoms with E-state index in [0.29, 0.717) is 11.6 Å². The van der Waals surface area contributed by atoms with Crippen molar-refractivity contribution in [1.82, 2.24) is 19.4 Å². The molecule has 2 aliphatic rings. The van der Waals surface area contributed by atoms with Crippen LogP contribution in [0.1, 0.15) is 61.3 Å². The fourth-order valence-corrected chi connectivity index (χ4v) is 3.90. The number of amides is 1. The third-order valence-electron chi connectivity index (χ3n) is 5.39. The number of fused-ring (bicyclic) bond motifs is 1. The van der Waals surface area contributed by atoms with Crippen LogP contribution >= 0.6 is 0 Å². The molecular formula is C19H26N4O2. The number of hydrogen-bond donors (Lipinski definition) is 0. The van der Waals surface area contributed by atoms with Crippen molar-refractivity contribution >= 4 is 17.1 Å². The Hall–Kier alpha value is -1.95. The largest absolute Gasteiger partial charge is 0.381 e. The lowest BCUT2D eigenvalue weighted by Gasteiger charge is -2.25. The molecule has 2 aliphatic heterocycles. The third kappa shape index (κ3) is 3.54. The molecule has 0 atom stereocenters. The number of ether oxygens (including phenoxy) is 1. The van der Waals surface area contributed by atoms with Crippen molar-refractivity contribution in [3.8, 4) is 0 Å². The second-order valence-electron chi connectivity index (χ2n) is 7.12. The molecule has 2 saturated heterocycles. The maximum Gasteiger partial charge on any atom is 0.255 e. The Balaban J connectivity index is 1.55. The van der Waals surface area contributed by atoms with Crippen LogP contribution in [0.5, 0.6) is 0 Å². The zero-order valence-electron chi connectivity index (χ0n) is 14.7. The minimum atomic E-state index is 0.0944. The third-order valence-corrected chi connectivity index (χ3v) is 5.39. The molecule has 134 valence electrons. The fourth-order valence-electron chi connectivity index (χ4n) is 3.90. The van der Waals surface area contributed by atoms with Crippen molar-refractivity contribution in [2.45, 2.75) is 51.0 Å². The molecule has 0 radical (unpaired) electrons. The molecule has 0 spiro atoms. The van der Waals surface area contributed by atoms with Gasteiger partial charge in [0.15, 0.2) is 5.65 Å². The first-order chi connectivity index (χ1) is 12.3. The summed E-state index contributed by atoms with van der Waals surface area (Å²) in [5.74, 6) is 0.0944. The van der Waals surface area contributed by atoms with Crippen LogP contribution in [-0.4, -0.2) is 51.6 Å². The molecule has 1 amide bonds. The van der Waals surface area contributed by atoms with Gasteiger partial charge < -0.3 is 14.2 Å². The van der Waals surface area contributed by atoms with Crippen molar-refractivity contribution in [3.05, 3.63) is 24.2 Å². The number of likely N-dealkylation sites (tertiary alicyclic amines) is 1. The normalized spacial score (nSPS) is 20.4. The van der Waals surface area contributed by atoms with E-state index in [9.17, 15) is 4.79 Å². The van der Waals surface area contributed by atoms with Crippen molar-refractivity contribution in [1.29, 1.82) is 0 Å². The number of carbonyl (C=O) groups excluding carboxylic acids is 1. The Morgan fingerprint density at radius 2 is 1.76 bits per heavy atom. The monoisotopic (exact) mass is 342 g/mol. The van der Waals surface area contributed by atoms with Crippen molar-refractivity contribution < 1.29 is 9.53 Å². The molecule has 0 unspecified atom stereocenters. The van der Waals surface area contributed by atoms with Gasteiger partial charge in [-0.3, -0.25) is 4.79 Å². The Morgan fingerprint density at radius 1 is 1.04 bits per heavy atom. The van der Waals surface area contributed by atoms with Crippen LogP contribution in [0.15, 0.2) is 18.6 Å². The van der Waals surface area contributed by atoms with Gasteiger partial charge in [-0.25, -0.2) is 9.97 Å². The minimum absolute atomic E-state index is 0.0944. The van der Waals surface area contributed by atoms with Gasteiger partial charge in [-0.15, -0.1) is 0 Å². The van der Waals surface area contributed by atoms with Crippen molar-refractivity contribution in [2.24, 2.45) is 0 Å². The maximum absolute atomic E-state index is 12.9. The maximum atomic E-state index is 12.9. The SMILES string of the molecule is O=C(c1cnc2c(c1)ncn2C1CCOCC1)N1CCCCCCC1. The number of imidazole rings is 1. The van der Waals surface area contributed by atoms with Crippen LogP contribution in [0.25, 0.3) is 11.2 Å². The average Bonchev–Trinajstić information content (AvgIpc) is 3.05. The van der Waals surface area contributed by atoms with Gasteiger partial charge in [0, 0.05) is 38.5 Å². The van der Waals surface area contributed by atoms with E-state index in [1.807, 2.05) is 17.3 Å². The quantitative estimate of drug-likeness (QED) is 0.841. The molecular weight excluding hydrogens is 316 g/mol. The van der Waals surface area contributed by atoms with Crippen molar-refractivity contribution in [2.75, 3.05) is 26.3 Å². The summed E-state index contributed by atoms with van der Waals surface area (Å²) in [6, 6.07) is 2.29. The number of nitrogens with zero attached hydrogens (tertiary/aromatic N) is 4. The Labute approximate surface area is 148 Å². The highest BCUT2D eigenvalue weighted by Crippen LogP contribution is 2.25. The van der Waals surface area contributed by atoms with Crippen LogP contribution in [0.2, 0.25) is 0 Å². The van der Waals surface area contributed by atoms with E-state index in [4.69, 9.17) is 4.74 Å². The van der Waals surface area contributed by atoms with Crippen LogP contribution in [0, 0.1) is 0 Å². The number of pyridine rings is 1. The van der Waals surface area contributed by atoms with Gasteiger partial charge in [-0.05, 0) is 31.7 Å². The van der Waals surface area contributed by atoms with Crippen LogP contribution in [0.3, 0.4) is 0 Å². The molecule has 0 saturated carbocycles. The summed E-state index contributed by atoms with van der Waals surface area (Å²) in [6.07, 6.45) is 11.5. The van der Waals surface area contributed by atoms with Gasteiger partial charge in [-0.2, -0.15) is 0 Å². The van der Waals surface area contributed by atoms with E-state index in [2.05, 4.69) is 14.5 Å². The average molecular weight is 342 g/mol. The van der Waals surface area contributed by atoms with Gasteiger partial charge in [0.1, 0.15) is 5.52 Å². The van der Waals surface area contributed by atoms with E-state index in [1.54, 1.807) is 6.20 Å². The van der Waals surface area contributed by atoms with E-state index < -0.39 is 0 Å². The number of rotatable bonds is 2. The van der Waals surface area contributed by atoms with Gasteiger partial charge in [0.25, 0.3) is 5.91 Å². The highest BCUT2D eigenvalue weighted by atomic mass is 16.5. The molecule has 6 heteroatoms. The van der Waals surface area contributed by atoms with E-state index in [0.717, 1.165) is 63.2 Å². The highest BCUT2D eigenvalue weighted by molar-refractivity contribution is 5.96. The predicted octanol–water partition coefficient (Wildman–Crippen LogP) is 3.19. The van der Waals surface area contributed by atoms with Gasteiger partial charge in [0.05, 0.1) is 11.9 Å². The van der Waals surface area contributed by atoms with E-state index in [-0.39, 0.29) is 5.91 Å². The van der Waals surface area contributed by atoms with Crippen LogP contribution in [-0.2, 0) is 4.74 Å². The minimum Gasteiger partial charge on any atom is -0.381 e. The lowest BCUT2D eigenvalue weighted by molar-refractivity contribution is 0.0704. The zero-order chi connectivity index (χ0) is 17.1. The number of carbonyl (C=O) groups is 1. The summed E-state index contributed by atoms with van der Waals surface area (Å²) in [6.45, 7) is 3.28. The van der Waals surface area contributed by atoms with Crippen LogP contribution in [0.4, 0.5) is 0 Å². The molecule has 0 aliphatic carbocycles.